The van der Waals surface area contributed by atoms with Crippen molar-refractivity contribution in [2.24, 2.45) is 0 Å². The van der Waals surface area contributed by atoms with Crippen molar-refractivity contribution in [2.45, 2.75) is 13.8 Å². The Morgan fingerprint density at radius 1 is 1.10 bits per heavy atom. The molecule has 0 radical (unpaired) electrons. The Bertz CT molecular complexity index is 806. The van der Waals surface area contributed by atoms with E-state index in [1.165, 1.54) is 0 Å². The standard InChI is InChI=1S/C17H17N3O/c1-12-8-7-11-20-15(13(2)18-16(12)20)17(21)19(3)14-9-5-4-6-10-14/h4-11H,1-3H3. The third-order valence-electron chi connectivity index (χ3n) is 3.67. The first-order chi connectivity index (χ1) is 10.1. The average molecular weight is 279 g/mol. The summed E-state index contributed by atoms with van der Waals surface area (Å²) in [6, 6.07) is 13.5. The van der Waals surface area contributed by atoms with Crippen molar-refractivity contribution in [3.63, 3.8) is 0 Å². The first kappa shape index (κ1) is 13.4. The van der Waals surface area contributed by atoms with Crippen LogP contribution in [0, 0.1) is 13.8 Å². The smallest absolute Gasteiger partial charge is 0.276 e. The highest BCUT2D eigenvalue weighted by Gasteiger charge is 2.21. The molecule has 0 bridgehead atoms. The van der Waals surface area contributed by atoms with Crippen molar-refractivity contribution < 1.29 is 4.79 Å². The third kappa shape index (κ3) is 2.18. The Morgan fingerprint density at radius 2 is 1.81 bits per heavy atom. The molecular weight excluding hydrogens is 262 g/mol. The molecule has 0 aliphatic rings. The molecule has 0 aliphatic heterocycles. The van der Waals surface area contributed by atoms with Gasteiger partial charge >= 0.3 is 0 Å². The van der Waals surface area contributed by atoms with E-state index in [0.29, 0.717) is 5.69 Å². The van der Waals surface area contributed by atoms with Crippen LogP contribution < -0.4 is 4.90 Å². The van der Waals surface area contributed by atoms with Crippen LogP contribution >= 0.6 is 0 Å². The number of amides is 1. The van der Waals surface area contributed by atoms with E-state index in [1.807, 2.05) is 66.9 Å². The number of rotatable bonds is 2. The molecule has 0 spiro atoms. The highest BCUT2D eigenvalue weighted by Crippen LogP contribution is 2.20. The van der Waals surface area contributed by atoms with E-state index in [-0.39, 0.29) is 5.91 Å². The highest BCUT2D eigenvalue weighted by molar-refractivity contribution is 6.05. The minimum atomic E-state index is -0.0585. The Morgan fingerprint density at radius 3 is 2.52 bits per heavy atom. The van der Waals surface area contributed by atoms with E-state index in [2.05, 4.69) is 4.98 Å². The van der Waals surface area contributed by atoms with Gasteiger partial charge in [-0.3, -0.25) is 9.20 Å². The second kappa shape index (κ2) is 5.05. The number of fused-ring (bicyclic) bond motifs is 1. The lowest BCUT2D eigenvalue weighted by Crippen LogP contribution is -2.28. The monoisotopic (exact) mass is 279 g/mol. The molecule has 1 amide bonds. The lowest BCUT2D eigenvalue weighted by atomic mass is 10.2. The van der Waals surface area contributed by atoms with Crippen LogP contribution in [-0.2, 0) is 0 Å². The van der Waals surface area contributed by atoms with Crippen molar-refractivity contribution in [2.75, 3.05) is 11.9 Å². The Labute approximate surface area is 123 Å². The van der Waals surface area contributed by atoms with Gasteiger partial charge in [-0.15, -0.1) is 0 Å². The number of carbonyl (C=O) groups is 1. The third-order valence-corrected chi connectivity index (χ3v) is 3.67. The van der Waals surface area contributed by atoms with Crippen molar-refractivity contribution >= 4 is 17.2 Å². The number of benzene rings is 1. The molecule has 3 rings (SSSR count). The van der Waals surface area contributed by atoms with Crippen LogP contribution in [-0.4, -0.2) is 22.3 Å². The largest absolute Gasteiger partial charge is 0.310 e. The van der Waals surface area contributed by atoms with E-state index in [1.54, 1.807) is 11.9 Å². The van der Waals surface area contributed by atoms with Crippen LogP contribution in [0.15, 0.2) is 48.7 Å². The van der Waals surface area contributed by atoms with Crippen LogP contribution in [0.25, 0.3) is 5.65 Å². The van der Waals surface area contributed by atoms with Crippen LogP contribution in [0.2, 0.25) is 0 Å². The van der Waals surface area contributed by atoms with Crippen molar-refractivity contribution in [3.05, 3.63) is 65.6 Å². The van der Waals surface area contributed by atoms with E-state index in [0.717, 1.165) is 22.6 Å². The first-order valence-electron chi connectivity index (χ1n) is 6.87. The van der Waals surface area contributed by atoms with Crippen LogP contribution in [0.4, 0.5) is 5.69 Å². The zero-order valence-electron chi connectivity index (χ0n) is 12.4. The SMILES string of the molecule is Cc1nc2c(C)cccn2c1C(=O)N(C)c1ccccc1. The summed E-state index contributed by atoms with van der Waals surface area (Å²) in [6.07, 6.45) is 1.88. The number of aromatic nitrogens is 2. The quantitative estimate of drug-likeness (QED) is 0.722. The molecule has 0 fully saturated rings. The summed E-state index contributed by atoms with van der Waals surface area (Å²) in [4.78, 5) is 19.0. The maximum atomic E-state index is 12.8. The van der Waals surface area contributed by atoms with Gasteiger partial charge in [0.15, 0.2) is 0 Å². The van der Waals surface area contributed by atoms with Crippen molar-refractivity contribution in [3.8, 4) is 0 Å². The summed E-state index contributed by atoms with van der Waals surface area (Å²) in [7, 11) is 1.78. The fraction of sp³-hybridized carbons (Fsp3) is 0.176. The minimum absolute atomic E-state index is 0.0585. The Kier molecular flexibility index (Phi) is 3.22. The normalized spacial score (nSPS) is 10.8. The van der Waals surface area contributed by atoms with Gasteiger partial charge in [0.2, 0.25) is 0 Å². The summed E-state index contributed by atoms with van der Waals surface area (Å²) in [5, 5.41) is 0. The number of aryl methyl sites for hydroxylation is 2. The number of pyridine rings is 1. The zero-order chi connectivity index (χ0) is 15.0. The number of nitrogens with zero attached hydrogens (tertiary/aromatic N) is 3. The molecule has 0 N–H and O–H groups in total. The van der Waals surface area contributed by atoms with Gasteiger partial charge in [-0.25, -0.2) is 4.98 Å². The topological polar surface area (TPSA) is 37.6 Å². The van der Waals surface area contributed by atoms with Crippen LogP contribution in [0.3, 0.4) is 0 Å². The van der Waals surface area contributed by atoms with E-state index in [9.17, 15) is 4.79 Å². The summed E-state index contributed by atoms with van der Waals surface area (Å²) in [5.74, 6) is -0.0585. The molecule has 0 unspecified atom stereocenters. The second-order valence-corrected chi connectivity index (χ2v) is 5.13. The molecule has 21 heavy (non-hydrogen) atoms. The van der Waals surface area contributed by atoms with Crippen LogP contribution in [0.1, 0.15) is 21.7 Å². The maximum absolute atomic E-state index is 12.8. The molecule has 0 aliphatic carbocycles. The van der Waals surface area contributed by atoms with E-state index in [4.69, 9.17) is 0 Å². The van der Waals surface area contributed by atoms with Gasteiger partial charge in [0.25, 0.3) is 5.91 Å². The Hall–Kier alpha value is -2.62. The molecule has 0 saturated heterocycles. The van der Waals surface area contributed by atoms with Crippen molar-refractivity contribution in [1.29, 1.82) is 0 Å². The molecule has 1 aromatic carbocycles. The Balaban J connectivity index is 2.10. The summed E-state index contributed by atoms with van der Waals surface area (Å²) in [5.41, 5.74) is 4.11. The second-order valence-electron chi connectivity index (χ2n) is 5.13. The van der Waals surface area contributed by atoms with Gasteiger partial charge in [-0.05, 0) is 37.6 Å². The highest BCUT2D eigenvalue weighted by atomic mass is 16.2. The van der Waals surface area contributed by atoms with Crippen molar-refractivity contribution in [1.82, 2.24) is 9.38 Å². The molecular formula is C17H17N3O. The number of imidazole rings is 1. The predicted molar refractivity (Wildman–Crippen MR) is 83.8 cm³/mol. The van der Waals surface area contributed by atoms with Gasteiger partial charge in [-0.2, -0.15) is 0 Å². The van der Waals surface area contributed by atoms with Gasteiger partial charge < -0.3 is 4.90 Å². The van der Waals surface area contributed by atoms with E-state index >= 15 is 0 Å². The molecule has 3 aromatic rings. The molecule has 0 atom stereocenters. The molecule has 4 heteroatoms. The fourth-order valence-electron chi connectivity index (χ4n) is 2.50. The zero-order valence-corrected chi connectivity index (χ0v) is 12.4. The lowest BCUT2D eigenvalue weighted by molar-refractivity contribution is 0.0987. The predicted octanol–water partition coefficient (Wildman–Crippen LogP) is 3.23. The molecule has 2 aromatic heterocycles. The maximum Gasteiger partial charge on any atom is 0.276 e. The number of hydrogen-bond donors (Lipinski definition) is 0. The lowest BCUT2D eigenvalue weighted by Gasteiger charge is -2.17. The number of anilines is 1. The number of hydrogen-bond acceptors (Lipinski definition) is 2. The van der Waals surface area contributed by atoms with Gasteiger partial charge in [0.05, 0.1) is 5.69 Å². The minimum Gasteiger partial charge on any atom is -0.310 e. The first-order valence-corrected chi connectivity index (χ1v) is 6.87. The fourth-order valence-corrected chi connectivity index (χ4v) is 2.50. The molecule has 2 heterocycles. The average Bonchev–Trinajstić information content (AvgIpc) is 2.84. The van der Waals surface area contributed by atoms with Gasteiger partial charge in [0.1, 0.15) is 11.3 Å². The summed E-state index contributed by atoms with van der Waals surface area (Å²) in [6.45, 7) is 3.87. The molecule has 4 nitrogen and oxygen atoms in total. The molecule has 106 valence electrons. The number of carbonyl (C=O) groups excluding carboxylic acids is 1. The van der Waals surface area contributed by atoms with E-state index < -0.39 is 0 Å². The molecule has 0 saturated carbocycles. The summed E-state index contributed by atoms with van der Waals surface area (Å²) < 4.78 is 1.87. The van der Waals surface area contributed by atoms with Gasteiger partial charge in [-0.1, -0.05) is 24.3 Å². The number of para-hydroxylation sites is 1. The van der Waals surface area contributed by atoms with Crippen LogP contribution in [0.5, 0.6) is 0 Å². The van der Waals surface area contributed by atoms with Gasteiger partial charge in [0, 0.05) is 18.9 Å². The summed E-state index contributed by atoms with van der Waals surface area (Å²) >= 11 is 0.